The zero-order valence-electron chi connectivity index (χ0n) is 12.6. The summed E-state index contributed by atoms with van der Waals surface area (Å²) in [4.78, 5) is -0.638. The van der Waals surface area contributed by atoms with Crippen LogP contribution < -0.4 is 4.72 Å². The largest absolute Gasteiger partial charge is 0.472 e. The van der Waals surface area contributed by atoms with Gasteiger partial charge in [-0.25, -0.2) is 21.9 Å². The molecule has 0 spiro atoms. The number of sulfonamides is 1. The second kappa shape index (κ2) is 6.68. The van der Waals surface area contributed by atoms with Crippen LogP contribution in [-0.2, 0) is 15.6 Å². The Morgan fingerprint density at radius 1 is 1.16 bits per heavy atom. The quantitative estimate of drug-likeness (QED) is 0.684. The smallest absolute Gasteiger partial charge is 0.246 e. The Bertz CT molecular complexity index is 900. The van der Waals surface area contributed by atoms with Crippen molar-refractivity contribution in [3.8, 4) is 0 Å². The Balaban J connectivity index is 1.95. The van der Waals surface area contributed by atoms with Crippen molar-refractivity contribution in [1.29, 1.82) is 0 Å². The Hall–Kier alpha value is -2.07. The molecule has 5 nitrogen and oxygen atoms in total. The van der Waals surface area contributed by atoms with Gasteiger partial charge in [-0.3, -0.25) is 0 Å². The Morgan fingerprint density at radius 3 is 2.44 bits per heavy atom. The molecule has 0 aliphatic carbocycles. The first-order chi connectivity index (χ1) is 11.8. The topological polar surface area (TPSA) is 79.5 Å². The van der Waals surface area contributed by atoms with Crippen LogP contribution in [0.25, 0.3) is 0 Å². The fraction of sp³-hybridized carbons (Fsp3) is 0.125. The van der Waals surface area contributed by atoms with Crippen LogP contribution in [0.2, 0.25) is 0 Å². The normalized spacial score (nSPS) is 14.4. The number of rotatable bonds is 6. The Kier molecular flexibility index (Phi) is 4.74. The standard InChI is InChI=1S/C16H13F2NO4S2/c17-12-3-1-4-13(18)15(12)25(21,22)19-10-16(20,11-6-7-23-9-11)14-5-2-8-24-14/h1-9,19-20H,10H2/t16-/m1/s1. The van der Waals surface area contributed by atoms with E-state index >= 15 is 0 Å². The summed E-state index contributed by atoms with van der Waals surface area (Å²) < 4.78 is 59.3. The van der Waals surface area contributed by atoms with E-state index in [1.807, 2.05) is 0 Å². The van der Waals surface area contributed by atoms with Gasteiger partial charge in [-0.05, 0) is 29.6 Å². The van der Waals surface area contributed by atoms with E-state index in [1.165, 1.54) is 29.9 Å². The molecule has 9 heteroatoms. The van der Waals surface area contributed by atoms with Crippen molar-refractivity contribution < 1.29 is 26.7 Å². The van der Waals surface area contributed by atoms with Gasteiger partial charge in [-0.2, -0.15) is 0 Å². The lowest BCUT2D eigenvalue weighted by Gasteiger charge is -2.26. The van der Waals surface area contributed by atoms with Crippen molar-refractivity contribution in [2.24, 2.45) is 0 Å². The van der Waals surface area contributed by atoms with Crippen molar-refractivity contribution in [3.63, 3.8) is 0 Å². The van der Waals surface area contributed by atoms with Crippen LogP contribution in [0.1, 0.15) is 10.4 Å². The van der Waals surface area contributed by atoms with Gasteiger partial charge in [-0.1, -0.05) is 12.1 Å². The zero-order chi connectivity index (χ0) is 18.1. The molecule has 1 aromatic carbocycles. The van der Waals surface area contributed by atoms with Crippen LogP contribution in [0.3, 0.4) is 0 Å². The molecule has 0 fully saturated rings. The summed E-state index contributed by atoms with van der Waals surface area (Å²) in [6.07, 6.45) is 2.61. The molecule has 0 unspecified atom stereocenters. The van der Waals surface area contributed by atoms with Gasteiger partial charge in [0.05, 0.1) is 12.5 Å². The van der Waals surface area contributed by atoms with Crippen LogP contribution >= 0.6 is 11.3 Å². The average molecular weight is 385 g/mol. The van der Waals surface area contributed by atoms with Crippen LogP contribution in [0.5, 0.6) is 0 Å². The van der Waals surface area contributed by atoms with Crippen molar-refractivity contribution in [1.82, 2.24) is 4.72 Å². The second-order valence-electron chi connectivity index (χ2n) is 5.22. The average Bonchev–Trinajstić information content (AvgIpc) is 3.26. The first kappa shape index (κ1) is 17.7. The molecule has 3 rings (SSSR count). The minimum absolute atomic E-state index is 0.312. The van der Waals surface area contributed by atoms with Gasteiger partial charge in [-0.15, -0.1) is 11.3 Å². The molecule has 0 aliphatic rings. The number of hydrogen-bond donors (Lipinski definition) is 2. The molecule has 0 radical (unpaired) electrons. The van der Waals surface area contributed by atoms with Crippen LogP contribution in [0.15, 0.2) is 63.6 Å². The molecule has 2 N–H and O–H groups in total. The SMILES string of the molecule is O=S(=O)(NC[C@@](O)(c1ccoc1)c1cccs1)c1c(F)cccc1F. The predicted molar refractivity (Wildman–Crippen MR) is 87.6 cm³/mol. The number of halogens is 2. The van der Waals surface area contributed by atoms with Gasteiger partial charge in [0.15, 0.2) is 4.90 Å². The number of nitrogens with one attached hydrogen (secondary N) is 1. The molecule has 0 bridgehead atoms. The van der Waals surface area contributed by atoms with Gasteiger partial charge < -0.3 is 9.52 Å². The highest BCUT2D eigenvalue weighted by Crippen LogP contribution is 2.33. The number of furan rings is 1. The molecule has 0 amide bonds. The molecular formula is C16H13F2NO4S2. The highest BCUT2D eigenvalue weighted by Gasteiger charge is 2.36. The second-order valence-corrected chi connectivity index (χ2v) is 7.88. The lowest BCUT2D eigenvalue weighted by molar-refractivity contribution is 0.0891. The van der Waals surface area contributed by atoms with E-state index in [2.05, 4.69) is 4.72 Å². The minimum Gasteiger partial charge on any atom is -0.472 e. The van der Waals surface area contributed by atoms with Gasteiger partial charge >= 0.3 is 0 Å². The third-order valence-corrected chi connectivity index (χ3v) is 6.11. The first-order valence-corrected chi connectivity index (χ1v) is 9.43. The molecule has 0 saturated heterocycles. The lowest BCUT2D eigenvalue weighted by Crippen LogP contribution is -2.41. The number of hydrogen-bond acceptors (Lipinski definition) is 5. The molecule has 0 saturated carbocycles. The van der Waals surface area contributed by atoms with E-state index in [1.54, 1.807) is 17.5 Å². The fourth-order valence-corrected chi connectivity index (χ4v) is 4.39. The van der Waals surface area contributed by atoms with E-state index in [4.69, 9.17) is 4.42 Å². The molecule has 132 valence electrons. The van der Waals surface area contributed by atoms with Crippen LogP contribution in [0.4, 0.5) is 8.78 Å². The molecule has 1 atom stereocenters. The highest BCUT2D eigenvalue weighted by atomic mass is 32.2. The first-order valence-electron chi connectivity index (χ1n) is 7.07. The molecule has 2 heterocycles. The van der Waals surface area contributed by atoms with E-state index in [9.17, 15) is 22.3 Å². The van der Waals surface area contributed by atoms with Crippen molar-refractivity contribution >= 4 is 21.4 Å². The summed E-state index contributed by atoms with van der Waals surface area (Å²) in [6, 6.07) is 7.55. The summed E-state index contributed by atoms with van der Waals surface area (Å²) >= 11 is 1.21. The van der Waals surface area contributed by atoms with E-state index < -0.39 is 38.7 Å². The van der Waals surface area contributed by atoms with Gasteiger partial charge in [0.25, 0.3) is 0 Å². The predicted octanol–water partition coefficient (Wildman–Crippen LogP) is 2.83. The molecule has 2 aromatic heterocycles. The maximum Gasteiger partial charge on any atom is 0.246 e. The van der Waals surface area contributed by atoms with Crippen molar-refractivity contribution in [2.45, 2.75) is 10.5 Å². The van der Waals surface area contributed by atoms with Crippen molar-refractivity contribution in [3.05, 3.63) is 76.4 Å². The summed E-state index contributed by atoms with van der Waals surface area (Å²) in [6.45, 7) is -0.525. The summed E-state index contributed by atoms with van der Waals surface area (Å²) in [5.41, 5.74) is -1.43. The molecular weight excluding hydrogens is 372 g/mol. The number of thiophene rings is 1. The summed E-state index contributed by atoms with van der Waals surface area (Å²) in [7, 11) is -4.52. The van der Waals surface area contributed by atoms with E-state index in [0.717, 1.165) is 18.2 Å². The zero-order valence-corrected chi connectivity index (χ0v) is 14.3. The maximum atomic E-state index is 13.8. The maximum absolute atomic E-state index is 13.8. The number of benzene rings is 1. The van der Waals surface area contributed by atoms with Crippen molar-refractivity contribution in [2.75, 3.05) is 6.54 Å². The number of aliphatic hydroxyl groups is 1. The summed E-state index contributed by atoms with van der Waals surface area (Å²) in [5.74, 6) is -2.43. The van der Waals surface area contributed by atoms with E-state index in [0.29, 0.717) is 10.4 Å². The third-order valence-electron chi connectivity index (χ3n) is 3.63. The molecule has 0 aliphatic heterocycles. The van der Waals surface area contributed by atoms with Gasteiger partial charge in [0.1, 0.15) is 17.2 Å². The van der Waals surface area contributed by atoms with Crippen LogP contribution in [-0.4, -0.2) is 20.1 Å². The third kappa shape index (κ3) is 3.36. The highest BCUT2D eigenvalue weighted by molar-refractivity contribution is 7.89. The molecule has 25 heavy (non-hydrogen) atoms. The lowest BCUT2D eigenvalue weighted by atomic mass is 9.95. The monoisotopic (exact) mass is 385 g/mol. The van der Waals surface area contributed by atoms with E-state index in [-0.39, 0.29) is 0 Å². The minimum atomic E-state index is -4.52. The Morgan fingerprint density at radius 2 is 1.88 bits per heavy atom. The summed E-state index contributed by atoms with van der Waals surface area (Å²) in [5, 5.41) is 12.7. The Labute approximate surface area is 146 Å². The van der Waals surface area contributed by atoms with Gasteiger partial charge in [0, 0.05) is 17.0 Å². The van der Waals surface area contributed by atoms with Crippen LogP contribution in [0, 0.1) is 11.6 Å². The fourth-order valence-electron chi connectivity index (χ4n) is 2.36. The van der Waals surface area contributed by atoms with Gasteiger partial charge in [0.2, 0.25) is 10.0 Å². The molecule has 3 aromatic rings.